The van der Waals surface area contributed by atoms with Crippen LogP contribution in [0.1, 0.15) is 5.82 Å². The van der Waals surface area contributed by atoms with Crippen molar-refractivity contribution in [2.24, 2.45) is 0 Å². The molecule has 1 N–H and O–H groups in total. The van der Waals surface area contributed by atoms with E-state index in [1.165, 1.54) is 22.2 Å². The molecule has 0 aliphatic carbocycles. The van der Waals surface area contributed by atoms with Crippen LogP contribution in [-0.4, -0.2) is 56.4 Å². The molecule has 33 heavy (non-hydrogen) atoms. The standard InChI is InChI=1S/C23H20N6OS3/c1-2-5-15(6-3-1)20-26-23(28-27-20)33-22-19-16(17-7-4-12-31-17)14-32-21(19)24-18(25-22)13-29-8-10-30-11-9-29/h1-7,12,14H,8-11,13H2,(H,26,27,28). The van der Waals surface area contributed by atoms with Crippen molar-refractivity contribution >= 4 is 44.7 Å². The van der Waals surface area contributed by atoms with Gasteiger partial charge in [-0.15, -0.1) is 27.8 Å². The summed E-state index contributed by atoms with van der Waals surface area (Å²) in [5.41, 5.74) is 2.18. The smallest absolute Gasteiger partial charge is 0.215 e. The average molecular weight is 493 g/mol. The summed E-state index contributed by atoms with van der Waals surface area (Å²) in [5, 5.41) is 14.4. The Labute approximate surface area is 202 Å². The SMILES string of the molecule is c1ccc(-c2nc(Sc3nc(CN4CCOCC4)nc4scc(-c5cccs5)c34)n[nH]2)cc1. The number of thiophene rings is 2. The summed E-state index contributed by atoms with van der Waals surface area (Å²) in [6, 6.07) is 14.2. The van der Waals surface area contributed by atoms with E-state index in [4.69, 9.17) is 19.7 Å². The largest absolute Gasteiger partial charge is 0.379 e. The van der Waals surface area contributed by atoms with Crippen molar-refractivity contribution in [1.82, 2.24) is 30.0 Å². The van der Waals surface area contributed by atoms with Crippen LogP contribution in [0.25, 0.3) is 32.0 Å². The minimum atomic E-state index is 0.648. The van der Waals surface area contributed by atoms with Crippen LogP contribution in [-0.2, 0) is 11.3 Å². The Kier molecular flexibility index (Phi) is 5.91. The average Bonchev–Trinajstić information content (AvgIpc) is 3.61. The van der Waals surface area contributed by atoms with Crippen LogP contribution < -0.4 is 0 Å². The van der Waals surface area contributed by atoms with E-state index in [1.54, 1.807) is 22.7 Å². The number of rotatable bonds is 6. The van der Waals surface area contributed by atoms with Gasteiger partial charge in [0.05, 0.1) is 25.1 Å². The van der Waals surface area contributed by atoms with Gasteiger partial charge in [0.25, 0.3) is 0 Å². The maximum absolute atomic E-state index is 5.49. The maximum atomic E-state index is 5.49. The number of nitrogens with zero attached hydrogens (tertiary/aromatic N) is 5. The highest BCUT2D eigenvalue weighted by Crippen LogP contribution is 2.41. The minimum Gasteiger partial charge on any atom is -0.379 e. The highest BCUT2D eigenvalue weighted by atomic mass is 32.2. The molecular formula is C23H20N6OS3. The number of aromatic nitrogens is 5. The third-order valence-corrected chi connectivity index (χ3v) is 8.03. The summed E-state index contributed by atoms with van der Waals surface area (Å²) in [4.78, 5) is 19.2. The number of morpholine rings is 1. The lowest BCUT2D eigenvalue weighted by molar-refractivity contribution is 0.0330. The van der Waals surface area contributed by atoms with E-state index < -0.39 is 0 Å². The van der Waals surface area contributed by atoms with Crippen molar-refractivity contribution < 1.29 is 4.74 Å². The number of hydrogen-bond donors (Lipinski definition) is 1. The molecule has 0 amide bonds. The van der Waals surface area contributed by atoms with E-state index in [9.17, 15) is 0 Å². The maximum Gasteiger partial charge on any atom is 0.215 e. The summed E-state index contributed by atoms with van der Waals surface area (Å²) >= 11 is 4.88. The normalized spacial score (nSPS) is 14.8. The Morgan fingerprint density at radius 2 is 1.88 bits per heavy atom. The number of hydrogen-bond acceptors (Lipinski definition) is 9. The van der Waals surface area contributed by atoms with Crippen LogP contribution in [0.4, 0.5) is 0 Å². The summed E-state index contributed by atoms with van der Waals surface area (Å²) < 4.78 is 5.49. The molecule has 0 saturated carbocycles. The highest BCUT2D eigenvalue weighted by molar-refractivity contribution is 7.99. The van der Waals surface area contributed by atoms with Crippen molar-refractivity contribution in [1.29, 1.82) is 0 Å². The van der Waals surface area contributed by atoms with Gasteiger partial charge in [0.15, 0.2) is 5.82 Å². The molecule has 1 fully saturated rings. The number of fused-ring (bicyclic) bond motifs is 1. The number of benzene rings is 1. The first kappa shape index (κ1) is 20.9. The van der Waals surface area contributed by atoms with Gasteiger partial charge in [-0.05, 0) is 23.2 Å². The fourth-order valence-electron chi connectivity index (χ4n) is 3.77. The zero-order valence-corrected chi connectivity index (χ0v) is 20.1. The Morgan fingerprint density at radius 3 is 2.70 bits per heavy atom. The highest BCUT2D eigenvalue weighted by Gasteiger charge is 2.20. The number of H-pyrrole nitrogens is 1. The van der Waals surface area contributed by atoms with Crippen LogP contribution in [0.5, 0.6) is 0 Å². The molecule has 5 aromatic rings. The Balaban J connectivity index is 1.39. The zero-order valence-electron chi connectivity index (χ0n) is 17.6. The van der Waals surface area contributed by atoms with Gasteiger partial charge >= 0.3 is 0 Å². The third kappa shape index (κ3) is 4.44. The van der Waals surface area contributed by atoms with E-state index >= 15 is 0 Å². The predicted molar refractivity (Wildman–Crippen MR) is 133 cm³/mol. The Morgan fingerprint density at radius 1 is 1.00 bits per heavy atom. The van der Waals surface area contributed by atoms with Gasteiger partial charge in [-0.25, -0.2) is 15.0 Å². The number of aromatic amines is 1. The van der Waals surface area contributed by atoms with Gasteiger partial charge in [0, 0.05) is 34.5 Å². The predicted octanol–water partition coefficient (Wildman–Crippen LogP) is 5.19. The summed E-state index contributed by atoms with van der Waals surface area (Å²) in [5.74, 6) is 1.58. The fraction of sp³-hybridized carbons (Fsp3) is 0.217. The van der Waals surface area contributed by atoms with Gasteiger partial charge in [-0.2, -0.15) is 0 Å². The van der Waals surface area contributed by atoms with Gasteiger partial charge in [0.2, 0.25) is 5.16 Å². The lowest BCUT2D eigenvalue weighted by atomic mass is 10.2. The molecule has 0 unspecified atom stereocenters. The Hall–Kier alpha value is -2.63. The first-order valence-corrected chi connectivity index (χ1v) is 13.2. The fourth-order valence-corrected chi connectivity index (χ4v) is 6.48. The molecule has 0 atom stereocenters. The van der Waals surface area contributed by atoms with Crippen LogP contribution in [0, 0.1) is 0 Å². The molecule has 7 nitrogen and oxygen atoms in total. The topological polar surface area (TPSA) is 79.8 Å². The summed E-state index contributed by atoms with van der Waals surface area (Å²) in [6.07, 6.45) is 0. The molecule has 1 aliphatic rings. The molecule has 1 aliphatic heterocycles. The molecule has 1 saturated heterocycles. The molecule has 0 bridgehead atoms. The lowest BCUT2D eigenvalue weighted by Gasteiger charge is -2.25. The second-order valence-electron chi connectivity index (χ2n) is 7.58. The van der Waals surface area contributed by atoms with Crippen LogP contribution in [0.15, 0.2) is 63.4 Å². The quantitative estimate of drug-likeness (QED) is 0.327. The Bertz CT molecular complexity index is 1360. The van der Waals surface area contributed by atoms with Gasteiger partial charge < -0.3 is 4.74 Å². The molecule has 0 spiro atoms. The first-order chi connectivity index (χ1) is 16.3. The van der Waals surface area contributed by atoms with Crippen molar-refractivity contribution in [3.63, 3.8) is 0 Å². The molecular weight excluding hydrogens is 472 g/mol. The van der Waals surface area contributed by atoms with Gasteiger partial charge in [0.1, 0.15) is 15.7 Å². The molecule has 6 rings (SSSR count). The van der Waals surface area contributed by atoms with Crippen LogP contribution in [0.3, 0.4) is 0 Å². The van der Waals surface area contributed by atoms with Crippen molar-refractivity contribution in [2.45, 2.75) is 16.7 Å². The first-order valence-electron chi connectivity index (χ1n) is 10.6. The van der Waals surface area contributed by atoms with Crippen molar-refractivity contribution in [3.8, 4) is 21.8 Å². The summed E-state index contributed by atoms with van der Waals surface area (Å²) in [6.45, 7) is 4.02. The van der Waals surface area contributed by atoms with Crippen LogP contribution >= 0.6 is 34.4 Å². The minimum absolute atomic E-state index is 0.648. The second-order valence-corrected chi connectivity index (χ2v) is 10.3. The molecule has 5 heterocycles. The summed E-state index contributed by atoms with van der Waals surface area (Å²) in [7, 11) is 0. The molecule has 10 heteroatoms. The zero-order chi connectivity index (χ0) is 22.0. The number of ether oxygens (including phenoxy) is 1. The van der Waals surface area contributed by atoms with Crippen LogP contribution in [0.2, 0.25) is 0 Å². The molecule has 1 aromatic carbocycles. The van der Waals surface area contributed by atoms with E-state index in [-0.39, 0.29) is 0 Å². The number of nitrogens with one attached hydrogen (secondary N) is 1. The van der Waals surface area contributed by atoms with Crippen molar-refractivity contribution in [2.75, 3.05) is 26.3 Å². The van der Waals surface area contributed by atoms with E-state index in [0.29, 0.717) is 11.7 Å². The third-order valence-electron chi connectivity index (χ3n) is 5.40. The van der Waals surface area contributed by atoms with Gasteiger partial charge in [-0.3, -0.25) is 10.00 Å². The lowest BCUT2D eigenvalue weighted by Crippen LogP contribution is -2.36. The van der Waals surface area contributed by atoms with Crippen molar-refractivity contribution in [3.05, 3.63) is 59.0 Å². The molecule has 4 aromatic heterocycles. The van der Waals surface area contributed by atoms with E-state index in [0.717, 1.165) is 58.8 Å². The van der Waals surface area contributed by atoms with E-state index in [1.807, 2.05) is 30.3 Å². The molecule has 166 valence electrons. The monoisotopic (exact) mass is 492 g/mol. The molecule has 0 radical (unpaired) electrons. The van der Waals surface area contributed by atoms with Gasteiger partial charge in [-0.1, -0.05) is 36.4 Å². The van der Waals surface area contributed by atoms with E-state index in [2.05, 4.69) is 38.0 Å². The second kappa shape index (κ2) is 9.32.